The summed E-state index contributed by atoms with van der Waals surface area (Å²) < 4.78 is 0. The lowest BCUT2D eigenvalue weighted by Gasteiger charge is -2.12. The van der Waals surface area contributed by atoms with E-state index in [2.05, 4.69) is 40.6 Å². The van der Waals surface area contributed by atoms with Gasteiger partial charge in [0.2, 0.25) is 0 Å². The highest BCUT2D eigenvalue weighted by Gasteiger charge is 2.20. The molecule has 1 aliphatic heterocycles. The average Bonchev–Trinajstić information content (AvgIpc) is 3.08. The Hall–Kier alpha value is -1.23. The number of hydrogen-bond donors (Lipinski definition) is 1. The second-order valence-corrected chi connectivity index (χ2v) is 6.34. The summed E-state index contributed by atoms with van der Waals surface area (Å²) in [5, 5.41) is 12.9. The minimum absolute atomic E-state index is 0.147. The molecule has 1 fully saturated rings. The zero-order valence-corrected chi connectivity index (χ0v) is 12.4. The fourth-order valence-corrected chi connectivity index (χ4v) is 3.41. The summed E-state index contributed by atoms with van der Waals surface area (Å²) in [6.45, 7) is 2.65. The van der Waals surface area contributed by atoms with E-state index in [0.29, 0.717) is 0 Å². The van der Waals surface area contributed by atoms with Crippen molar-refractivity contribution in [3.63, 3.8) is 0 Å². The Bertz CT molecular complexity index is 540. The highest BCUT2D eigenvalue weighted by Crippen LogP contribution is 2.17. The van der Waals surface area contributed by atoms with Crippen LogP contribution in [0.1, 0.15) is 22.7 Å². The molecule has 0 amide bonds. The van der Waals surface area contributed by atoms with Gasteiger partial charge in [0, 0.05) is 31.4 Å². The van der Waals surface area contributed by atoms with Crippen molar-refractivity contribution in [3.8, 4) is 0 Å². The summed E-state index contributed by atoms with van der Waals surface area (Å²) in [6, 6.07) is 10.6. The van der Waals surface area contributed by atoms with Crippen molar-refractivity contribution in [3.05, 3.63) is 52.0 Å². The molecule has 3 nitrogen and oxygen atoms in total. The van der Waals surface area contributed by atoms with E-state index in [-0.39, 0.29) is 6.10 Å². The van der Waals surface area contributed by atoms with Gasteiger partial charge in [0.1, 0.15) is 0 Å². The van der Waals surface area contributed by atoms with Crippen molar-refractivity contribution in [2.75, 3.05) is 13.1 Å². The summed E-state index contributed by atoms with van der Waals surface area (Å²) >= 11 is 1.75. The van der Waals surface area contributed by atoms with Crippen molar-refractivity contribution in [1.82, 2.24) is 9.88 Å². The Morgan fingerprint density at radius 1 is 1.25 bits per heavy atom. The van der Waals surface area contributed by atoms with Crippen LogP contribution in [-0.4, -0.2) is 34.2 Å². The van der Waals surface area contributed by atoms with Crippen molar-refractivity contribution in [2.45, 2.75) is 31.9 Å². The zero-order valence-electron chi connectivity index (χ0n) is 11.5. The maximum atomic E-state index is 9.53. The highest BCUT2D eigenvalue weighted by atomic mass is 32.1. The van der Waals surface area contributed by atoms with Gasteiger partial charge >= 0.3 is 0 Å². The van der Waals surface area contributed by atoms with Crippen LogP contribution < -0.4 is 0 Å². The first-order valence-corrected chi connectivity index (χ1v) is 8.05. The van der Waals surface area contributed by atoms with E-state index in [0.717, 1.165) is 44.6 Å². The number of hydrogen-bond acceptors (Lipinski definition) is 4. The Labute approximate surface area is 123 Å². The van der Waals surface area contributed by atoms with E-state index in [1.54, 1.807) is 11.3 Å². The van der Waals surface area contributed by atoms with Gasteiger partial charge in [0.25, 0.3) is 0 Å². The number of aliphatic hydroxyl groups is 1. The molecule has 1 atom stereocenters. The van der Waals surface area contributed by atoms with Gasteiger partial charge in [-0.05, 0) is 18.4 Å². The topological polar surface area (TPSA) is 36.4 Å². The lowest BCUT2D eigenvalue weighted by atomic mass is 10.1. The van der Waals surface area contributed by atoms with Gasteiger partial charge in [-0.2, -0.15) is 0 Å². The van der Waals surface area contributed by atoms with E-state index in [4.69, 9.17) is 4.98 Å². The Kier molecular flexibility index (Phi) is 4.45. The fraction of sp³-hybridized carbons (Fsp3) is 0.438. The molecule has 0 radical (unpaired) electrons. The molecule has 1 aromatic carbocycles. The molecule has 4 heteroatoms. The monoisotopic (exact) mass is 288 g/mol. The highest BCUT2D eigenvalue weighted by molar-refractivity contribution is 7.09. The fourth-order valence-electron chi connectivity index (χ4n) is 2.62. The van der Waals surface area contributed by atoms with Gasteiger partial charge < -0.3 is 5.11 Å². The SMILES string of the molecule is O[C@H]1CCN(Cc2csc(CCc3ccccc3)n2)C1. The zero-order chi connectivity index (χ0) is 13.8. The number of β-amino-alcohol motifs (C(OH)–C–C–N with tert-alkyl or cyclic N) is 1. The van der Waals surface area contributed by atoms with Gasteiger partial charge in [-0.3, -0.25) is 4.90 Å². The smallest absolute Gasteiger partial charge is 0.0932 e. The van der Waals surface area contributed by atoms with Crippen LogP contribution in [0.3, 0.4) is 0 Å². The Morgan fingerprint density at radius 2 is 2.10 bits per heavy atom. The van der Waals surface area contributed by atoms with Crippen molar-refractivity contribution >= 4 is 11.3 Å². The molecular weight excluding hydrogens is 268 g/mol. The quantitative estimate of drug-likeness (QED) is 0.918. The predicted octanol–water partition coefficient (Wildman–Crippen LogP) is 2.49. The number of aryl methyl sites for hydroxylation is 2. The molecule has 3 rings (SSSR count). The molecule has 0 spiro atoms. The third kappa shape index (κ3) is 3.66. The predicted molar refractivity (Wildman–Crippen MR) is 81.9 cm³/mol. The molecule has 0 aliphatic carbocycles. The molecule has 1 saturated heterocycles. The second-order valence-electron chi connectivity index (χ2n) is 5.40. The Morgan fingerprint density at radius 3 is 2.85 bits per heavy atom. The first-order valence-electron chi connectivity index (χ1n) is 7.17. The van der Waals surface area contributed by atoms with Gasteiger partial charge in [-0.25, -0.2) is 4.98 Å². The van der Waals surface area contributed by atoms with Gasteiger partial charge in [-0.1, -0.05) is 30.3 Å². The van der Waals surface area contributed by atoms with Gasteiger partial charge in [0.05, 0.1) is 16.8 Å². The van der Waals surface area contributed by atoms with Crippen molar-refractivity contribution in [1.29, 1.82) is 0 Å². The number of benzene rings is 1. The maximum absolute atomic E-state index is 9.53. The van der Waals surface area contributed by atoms with Crippen LogP contribution in [-0.2, 0) is 19.4 Å². The van der Waals surface area contributed by atoms with E-state index in [1.807, 2.05) is 0 Å². The first kappa shape index (κ1) is 13.7. The van der Waals surface area contributed by atoms with E-state index >= 15 is 0 Å². The van der Waals surface area contributed by atoms with Crippen LogP contribution in [0, 0.1) is 0 Å². The van der Waals surface area contributed by atoms with Crippen LogP contribution in [0.5, 0.6) is 0 Å². The standard InChI is InChI=1S/C16H20N2OS/c19-15-8-9-18(11-15)10-14-12-20-16(17-14)7-6-13-4-2-1-3-5-13/h1-5,12,15,19H,6-11H2/t15-/m0/s1. The van der Waals surface area contributed by atoms with Gasteiger partial charge in [0.15, 0.2) is 0 Å². The summed E-state index contributed by atoms with van der Waals surface area (Å²) in [6.07, 6.45) is 2.81. The minimum atomic E-state index is -0.147. The molecule has 0 saturated carbocycles. The van der Waals surface area contributed by atoms with Crippen LogP contribution in [0.2, 0.25) is 0 Å². The van der Waals surface area contributed by atoms with E-state index in [9.17, 15) is 5.11 Å². The van der Waals surface area contributed by atoms with Crippen molar-refractivity contribution < 1.29 is 5.11 Å². The maximum Gasteiger partial charge on any atom is 0.0932 e. The van der Waals surface area contributed by atoms with Gasteiger partial charge in [-0.15, -0.1) is 11.3 Å². The summed E-state index contributed by atoms with van der Waals surface area (Å²) in [5.74, 6) is 0. The third-order valence-corrected chi connectivity index (χ3v) is 4.66. The lowest BCUT2D eigenvalue weighted by molar-refractivity contribution is 0.174. The second kappa shape index (κ2) is 6.48. The number of likely N-dealkylation sites (tertiary alicyclic amines) is 1. The lowest BCUT2D eigenvalue weighted by Crippen LogP contribution is -2.21. The number of rotatable bonds is 5. The number of thiazole rings is 1. The molecule has 1 N–H and O–H groups in total. The molecular formula is C16H20N2OS. The molecule has 0 bridgehead atoms. The largest absolute Gasteiger partial charge is 0.392 e. The average molecular weight is 288 g/mol. The number of aromatic nitrogens is 1. The Balaban J connectivity index is 1.52. The third-order valence-electron chi connectivity index (χ3n) is 3.70. The molecule has 20 heavy (non-hydrogen) atoms. The van der Waals surface area contributed by atoms with Crippen molar-refractivity contribution in [2.24, 2.45) is 0 Å². The van der Waals surface area contributed by atoms with E-state index in [1.165, 1.54) is 10.6 Å². The summed E-state index contributed by atoms with van der Waals surface area (Å²) in [4.78, 5) is 6.99. The minimum Gasteiger partial charge on any atom is -0.392 e. The molecule has 1 aromatic heterocycles. The molecule has 2 aromatic rings. The molecule has 2 heterocycles. The summed E-state index contributed by atoms with van der Waals surface area (Å²) in [5.41, 5.74) is 2.51. The van der Waals surface area contributed by atoms with Crippen LogP contribution in [0.25, 0.3) is 0 Å². The van der Waals surface area contributed by atoms with E-state index < -0.39 is 0 Å². The molecule has 0 unspecified atom stereocenters. The van der Waals surface area contributed by atoms with Crippen LogP contribution in [0.4, 0.5) is 0 Å². The van der Waals surface area contributed by atoms with Crippen LogP contribution in [0.15, 0.2) is 35.7 Å². The molecule has 106 valence electrons. The van der Waals surface area contributed by atoms with Crippen LogP contribution >= 0.6 is 11.3 Å². The summed E-state index contributed by atoms with van der Waals surface area (Å²) in [7, 11) is 0. The first-order chi connectivity index (χ1) is 9.79. The number of nitrogens with zero attached hydrogens (tertiary/aromatic N) is 2. The molecule has 1 aliphatic rings. The normalized spacial score (nSPS) is 19.6. The number of aliphatic hydroxyl groups excluding tert-OH is 1.